The lowest BCUT2D eigenvalue weighted by molar-refractivity contribution is 0.0923. The van der Waals surface area contributed by atoms with Gasteiger partial charge in [-0.2, -0.15) is 0 Å². The van der Waals surface area contributed by atoms with Gasteiger partial charge in [-0.15, -0.1) is 0 Å². The number of aromatic nitrogens is 2. The number of amides is 1. The summed E-state index contributed by atoms with van der Waals surface area (Å²) in [5, 5.41) is 2.94. The molecule has 0 radical (unpaired) electrons. The first-order chi connectivity index (χ1) is 12.7. The maximum absolute atomic E-state index is 12.6. The highest BCUT2D eigenvalue weighted by molar-refractivity contribution is 5.94. The minimum atomic E-state index is -0.419. The number of hydrogen-bond donors (Lipinski definition) is 2. The summed E-state index contributed by atoms with van der Waals surface area (Å²) in [6.07, 6.45) is 3.96. The van der Waals surface area contributed by atoms with Gasteiger partial charge in [0.2, 0.25) is 0 Å². The first-order valence-electron chi connectivity index (χ1n) is 8.39. The molecule has 2 aromatic heterocycles. The molecule has 1 atom stereocenters. The lowest BCUT2D eigenvalue weighted by Crippen LogP contribution is -2.35. The van der Waals surface area contributed by atoms with Gasteiger partial charge in [-0.25, -0.2) is 0 Å². The number of rotatable bonds is 3. The Labute approximate surface area is 149 Å². The summed E-state index contributed by atoms with van der Waals surface area (Å²) in [6, 6.07) is 14.3. The van der Waals surface area contributed by atoms with Gasteiger partial charge in [0.15, 0.2) is 0 Å². The second kappa shape index (κ2) is 6.84. The first kappa shape index (κ1) is 16.1. The molecule has 1 aromatic carbocycles. The Kier molecular flexibility index (Phi) is 4.23. The van der Waals surface area contributed by atoms with Crippen molar-refractivity contribution in [2.75, 3.05) is 6.61 Å². The van der Waals surface area contributed by atoms with E-state index >= 15 is 0 Å². The van der Waals surface area contributed by atoms with Crippen LogP contribution in [-0.4, -0.2) is 22.5 Å². The lowest BCUT2D eigenvalue weighted by atomic mass is 10.00. The topological polar surface area (TPSA) is 84.1 Å². The quantitative estimate of drug-likeness (QED) is 0.763. The van der Waals surface area contributed by atoms with Crippen LogP contribution in [-0.2, 0) is 0 Å². The minimum absolute atomic E-state index is 0.0896. The van der Waals surface area contributed by atoms with E-state index in [4.69, 9.17) is 4.74 Å². The van der Waals surface area contributed by atoms with Gasteiger partial charge < -0.3 is 15.0 Å². The third kappa shape index (κ3) is 3.09. The van der Waals surface area contributed by atoms with E-state index < -0.39 is 11.5 Å². The summed E-state index contributed by atoms with van der Waals surface area (Å²) in [5.41, 5.74) is 2.08. The van der Waals surface area contributed by atoms with Crippen molar-refractivity contribution in [2.24, 2.45) is 0 Å². The van der Waals surface area contributed by atoms with E-state index in [1.807, 2.05) is 24.3 Å². The van der Waals surface area contributed by atoms with Crippen LogP contribution in [0.1, 0.15) is 28.4 Å². The summed E-state index contributed by atoms with van der Waals surface area (Å²) in [4.78, 5) is 31.7. The normalized spacial score (nSPS) is 15.6. The van der Waals surface area contributed by atoms with Crippen LogP contribution < -0.4 is 15.6 Å². The molecule has 1 amide bonds. The Hall–Kier alpha value is -3.41. The lowest BCUT2D eigenvalue weighted by Gasteiger charge is -2.26. The number of ether oxygens (including phenoxy) is 1. The van der Waals surface area contributed by atoms with E-state index in [0.29, 0.717) is 18.7 Å². The third-order valence-corrected chi connectivity index (χ3v) is 4.41. The molecule has 0 fully saturated rings. The van der Waals surface area contributed by atoms with Crippen LogP contribution in [0.5, 0.6) is 5.75 Å². The molecular weight excluding hydrogens is 330 g/mol. The van der Waals surface area contributed by atoms with Gasteiger partial charge in [-0.3, -0.25) is 14.6 Å². The number of carbonyl (C=O) groups excluding carboxylic acids is 1. The molecule has 6 heteroatoms. The number of para-hydroxylation sites is 1. The van der Waals surface area contributed by atoms with Crippen LogP contribution in [0, 0.1) is 0 Å². The molecule has 4 rings (SSSR count). The highest BCUT2D eigenvalue weighted by atomic mass is 16.5. The molecule has 0 spiro atoms. The first-order valence-corrected chi connectivity index (χ1v) is 8.39. The molecule has 1 aliphatic rings. The van der Waals surface area contributed by atoms with Crippen molar-refractivity contribution < 1.29 is 9.53 Å². The van der Waals surface area contributed by atoms with E-state index in [0.717, 1.165) is 16.9 Å². The molecule has 0 saturated heterocycles. The van der Waals surface area contributed by atoms with Crippen molar-refractivity contribution >= 4 is 5.91 Å². The monoisotopic (exact) mass is 347 g/mol. The Morgan fingerprint density at radius 3 is 2.73 bits per heavy atom. The zero-order valence-corrected chi connectivity index (χ0v) is 13.9. The number of H-pyrrole nitrogens is 1. The number of carbonyl (C=O) groups is 1. The number of fused-ring (bicyclic) bond motifs is 1. The van der Waals surface area contributed by atoms with Crippen molar-refractivity contribution in [3.05, 3.63) is 82.4 Å². The number of benzene rings is 1. The van der Waals surface area contributed by atoms with E-state index in [1.165, 1.54) is 0 Å². The average molecular weight is 347 g/mol. The Bertz CT molecular complexity index is 998. The van der Waals surface area contributed by atoms with E-state index in [-0.39, 0.29) is 11.6 Å². The SMILES string of the molecule is O=C(N[C@@H]1CCOc2ccccc21)c1ccc(-c2ccncc2)[nH]c1=O. The second-order valence-corrected chi connectivity index (χ2v) is 6.05. The summed E-state index contributed by atoms with van der Waals surface area (Å²) >= 11 is 0. The Balaban J connectivity index is 1.57. The second-order valence-electron chi connectivity index (χ2n) is 6.05. The van der Waals surface area contributed by atoms with E-state index in [9.17, 15) is 9.59 Å². The van der Waals surface area contributed by atoms with Crippen LogP contribution in [0.15, 0.2) is 65.7 Å². The largest absolute Gasteiger partial charge is 0.493 e. The highest BCUT2D eigenvalue weighted by Crippen LogP contribution is 2.31. The molecule has 0 bridgehead atoms. The molecule has 3 heterocycles. The summed E-state index contributed by atoms with van der Waals surface area (Å²) < 4.78 is 5.61. The fourth-order valence-corrected chi connectivity index (χ4v) is 3.08. The predicted molar refractivity (Wildman–Crippen MR) is 97.1 cm³/mol. The molecule has 3 aromatic rings. The summed E-state index contributed by atoms with van der Waals surface area (Å²) in [6.45, 7) is 0.527. The van der Waals surface area contributed by atoms with Crippen LogP contribution >= 0.6 is 0 Å². The van der Waals surface area contributed by atoms with Gasteiger partial charge in [0.05, 0.1) is 12.6 Å². The van der Waals surface area contributed by atoms with Gasteiger partial charge in [-0.05, 0) is 30.3 Å². The number of pyridine rings is 2. The standard InChI is InChI=1S/C20H17N3O3/c24-19-15(5-6-16(22-19)13-7-10-21-11-8-13)20(25)23-17-9-12-26-18-4-2-1-3-14(17)18/h1-8,10-11,17H,9,12H2,(H,22,24)(H,23,25)/t17-/m1/s1. The van der Waals surface area contributed by atoms with Gasteiger partial charge in [0.25, 0.3) is 11.5 Å². The zero-order valence-electron chi connectivity index (χ0n) is 13.9. The van der Waals surface area contributed by atoms with E-state index in [1.54, 1.807) is 36.7 Å². The maximum atomic E-state index is 12.6. The summed E-state index contributed by atoms with van der Waals surface area (Å²) in [5.74, 6) is 0.375. The maximum Gasteiger partial charge on any atom is 0.261 e. The number of nitrogens with one attached hydrogen (secondary N) is 2. The number of hydrogen-bond acceptors (Lipinski definition) is 4. The Morgan fingerprint density at radius 1 is 1.12 bits per heavy atom. The molecule has 1 aliphatic heterocycles. The molecule has 130 valence electrons. The minimum Gasteiger partial charge on any atom is -0.493 e. The van der Waals surface area contributed by atoms with Crippen LogP contribution in [0.4, 0.5) is 0 Å². The molecule has 6 nitrogen and oxygen atoms in total. The van der Waals surface area contributed by atoms with Gasteiger partial charge in [0.1, 0.15) is 11.3 Å². The van der Waals surface area contributed by atoms with Crippen molar-refractivity contribution in [2.45, 2.75) is 12.5 Å². The van der Waals surface area contributed by atoms with Gasteiger partial charge in [-0.1, -0.05) is 18.2 Å². The summed E-state index contributed by atoms with van der Waals surface area (Å²) in [7, 11) is 0. The molecule has 26 heavy (non-hydrogen) atoms. The van der Waals surface area contributed by atoms with Crippen molar-refractivity contribution in [1.82, 2.24) is 15.3 Å². The molecular formula is C20H17N3O3. The van der Waals surface area contributed by atoms with Crippen LogP contribution in [0.2, 0.25) is 0 Å². The van der Waals surface area contributed by atoms with Crippen LogP contribution in [0.3, 0.4) is 0 Å². The molecule has 0 saturated carbocycles. The number of nitrogens with zero attached hydrogens (tertiary/aromatic N) is 1. The smallest absolute Gasteiger partial charge is 0.261 e. The number of aromatic amines is 1. The highest BCUT2D eigenvalue weighted by Gasteiger charge is 2.24. The van der Waals surface area contributed by atoms with Gasteiger partial charge >= 0.3 is 0 Å². The molecule has 0 unspecified atom stereocenters. The fourth-order valence-electron chi connectivity index (χ4n) is 3.08. The predicted octanol–water partition coefficient (Wildman–Crippen LogP) is 2.69. The average Bonchev–Trinajstić information content (AvgIpc) is 2.69. The van der Waals surface area contributed by atoms with E-state index in [2.05, 4.69) is 15.3 Å². The molecule has 2 N–H and O–H groups in total. The zero-order chi connectivity index (χ0) is 17.9. The molecule has 0 aliphatic carbocycles. The van der Waals surface area contributed by atoms with Crippen LogP contribution in [0.25, 0.3) is 11.3 Å². The Morgan fingerprint density at radius 2 is 1.92 bits per heavy atom. The van der Waals surface area contributed by atoms with Crippen molar-refractivity contribution in [3.63, 3.8) is 0 Å². The van der Waals surface area contributed by atoms with Crippen molar-refractivity contribution in [1.29, 1.82) is 0 Å². The van der Waals surface area contributed by atoms with Gasteiger partial charge in [0, 0.05) is 35.6 Å². The third-order valence-electron chi connectivity index (χ3n) is 4.41. The fraction of sp³-hybridized carbons (Fsp3) is 0.150. The van der Waals surface area contributed by atoms with Crippen molar-refractivity contribution in [3.8, 4) is 17.0 Å².